The molecule has 1 heterocycles. The Labute approximate surface area is 80.6 Å². The van der Waals surface area contributed by atoms with Crippen LogP contribution in [0, 0.1) is 0 Å². The van der Waals surface area contributed by atoms with Crippen LogP contribution in [0.4, 0.5) is 0 Å². The number of imidazole rings is 1. The van der Waals surface area contributed by atoms with Gasteiger partial charge >= 0.3 is 0 Å². The van der Waals surface area contributed by atoms with Gasteiger partial charge in [-0.25, -0.2) is 4.98 Å². The van der Waals surface area contributed by atoms with Gasteiger partial charge in [-0.2, -0.15) is 0 Å². The minimum Gasteiger partial charge on any atom is -0.340 e. The summed E-state index contributed by atoms with van der Waals surface area (Å²) < 4.78 is 1.96. The monoisotopic (exact) mass is 178 g/mol. The van der Waals surface area contributed by atoms with Crippen molar-refractivity contribution < 1.29 is 0 Å². The van der Waals surface area contributed by atoms with Crippen LogP contribution < -0.4 is 0 Å². The van der Waals surface area contributed by atoms with Crippen molar-refractivity contribution in [2.75, 3.05) is 0 Å². The Bertz CT molecular complexity index is 272. The fraction of sp³-hybridized carbons (Fsp3) is 0.455. The molecule has 72 valence electrons. The molecule has 0 aromatic carbocycles. The average molecular weight is 178 g/mol. The number of nitrogens with zero attached hydrogens (tertiary/aromatic N) is 2. The molecule has 13 heavy (non-hydrogen) atoms. The molecule has 2 nitrogen and oxygen atoms in total. The van der Waals surface area contributed by atoms with E-state index in [4.69, 9.17) is 0 Å². The quantitative estimate of drug-likeness (QED) is 0.605. The minimum absolute atomic E-state index is 1.03. The first-order chi connectivity index (χ1) is 6.24. The van der Waals surface area contributed by atoms with Crippen molar-refractivity contribution >= 4 is 0 Å². The lowest BCUT2D eigenvalue weighted by Crippen LogP contribution is -1.78. The first kappa shape index (κ1) is 11.7. The molecule has 0 saturated heterocycles. The molecule has 0 aliphatic heterocycles. The van der Waals surface area contributed by atoms with Crippen molar-refractivity contribution in [1.29, 1.82) is 0 Å². The number of hydrogen-bond donors (Lipinski definition) is 0. The van der Waals surface area contributed by atoms with Crippen LogP contribution in [0.2, 0.25) is 0 Å². The molecule has 0 radical (unpaired) electrons. The molecule has 0 N–H and O–H groups in total. The second kappa shape index (κ2) is 7.38. The molecule has 0 aliphatic carbocycles. The van der Waals surface area contributed by atoms with Crippen LogP contribution in [0.5, 0.6) is 0 Å². The first-order valence-corrected chi connectivity index (χ1v) is 4.53. The summed E-state index contributed by atoms with van der Waals surface area (Å²) in [4.78, 5) is 4.10. The molecule has 2 heteroatoms. The van der Waals surface area contributed by atoms with Gasteiger partial charge in [0.05, 0.1) is 12.0 Å². The van der Waals surface area contributed by atoms with Crippen molar-refractivity contribution in [3.8, 4) is 0 Å². The van der Waals surface area contributed by atoms with E-state index in [9.17, 15) is 0 Å². The summed E-state index contributed by atoms with van der Waals surface area (Å²) in [5.41, 5.74) is 4.02. The van der Waals surface area contributed by atoms with Gasteiger partial charge in [0.15, 0.2) is 0 Å². The van der Waals surface area contributed by atoms with Gasteiger partial charge < -0.3 is 4.57 Å². The molecule has 0 atom stereocenters. The predicted molar refractivity (Wildman–Crippen MR) is 56.6 cm³/mol. The van der Waals surface area contributed by atoms with E-state index in [1.165, 1.54) is 0 Å². The molecule has 0 fully saturated rings. The van der Waals surface area contributed by atoms with Crippen molar-refractivity contribution in [2.24, 2.45) is 7.05 Å². The zero-order chi connectivity index (χ0) is 10.1. The van der Waals surface area contributed by atoms with Crippen LogP contribution in [0.25, 0.3) is 0 Å². The van der Waals surface area contributed by atoms with Crippen molar-refractivity contribution in [3.63, 3.8) is 0 Å². The lowest BCUT2D eigenvalue weighted by atomic mass is 10.4. The predicted octanol–water partition coefficient (Wildman–Crippen LogP) is 2.72. The highest BCUT2D eigenvalue weighted by atomic mass is 15.0. The van der Waals surface area contributed by atoms with Gasteiger partial charge in [-0.3, -0.25) is 0 Å². The maximum atomic E-state index is 4.10. The van der Waals surface area contributed by atoms with Crippen LogP contribution in [0.3, 0.4) is 0 Å². The molecular weight excluding hydrogens is 160 g/mol. The number of hydrogen-bond acceptors (Lipinski definition) is 1. The maximum absolute atomic E-state index is 4.10. The molecule has 0 aliphatic rings. The van der Waals surface area contributed by atoms with E-state index in [0.717, 1.165) is 12.1 Å². The Kier molecular flexibility index (Phi) is 6.66. The average Bonchev–Trinajstić information content (AvgIpc) is 2.54. The Morgan fingerprint density at radius 2 is 2.08 bits per heavy atom. The van der Waals surface area contributed by atoms with Crippen molar-refractivity contribution in [2.45, 2.75) is 27.2 Å². The summed E-state index contributed by atoms with van der Waals surface area (Å²) >= 11 is 0. The van der Waals surface area contributed by atoms with Gasteiger partial charge in [0.1, 0.15) is 0 Å². The Morgan fingerprint density at radius 3 is 2.23 bits per heavy atom. The summed E-state index contributed by atoms with van der Waals surface area (Å²) in [6.07, 6.45) is 8.62. The second-order valence-electron chi connectivity index (χ2n) is 2.63. The summed E-state index contributed by atoms with van der Waals surface area (Å²) in [7, 11) is 1.98. The number of aromatic nitrogens is 2. The normalized spacial score (nSPS) is 8.00. The van der Waals surface area contributed by atoms with Crippen LogP contribution in [-0.2, 0) is 13.5 Å². The van der Waals surface area contributed by atoms with Crippen LogP contribution >= 0.6 is 0 Å². The van der Waals surface area contributed by atoms with Gasteiger partial charge in [-0.1, -0.05) is 6.92 Å². The summed E-state index contributed by atoms with van der Waals surface area (Å²) in [5.74, 6) is 0. The third-order valence-electron chi connectivity index (χ3n) is 1.45. The summed E-state index contributed by atoms with van der Waals surface area (Å²) in [5, 5.41) is 0. The summed E-state index contributed by atoms with van der Waals surface area (Å²) in [6, 6.07) is 0. The van der Waals surface area contributed by atoms with Gasteiger partial charge in [0, 0.05) is 13.2 Å². The van der Waals surface area contributed by atoms with Gasteiger partial charge in [-0.05, 0) is 32.4 Å². The maximum Gasteiger partial charge on any atom is 0.0946 e. The second-order valence-corrected chi connectivity index (χ2v) is 2.63. The molecule has 1 aromatic rings. The lowest BCUT2D eigenvalue weighted by Gasteiger charge is -1.81. The van der Waals surface area contributed by atoms with Crippen LogP contribution in [-0.4, -0.2) is 9.55 Å². The largest absolute Gasteiger partial charge is 0.340 e. The van der Waals surface area contributed by atoms with Gasteiger partial charge in [-0.15, -0.1) is 5.73 Å². The molecule has 1 rings (SSSR count). The molecule has 1 aromatic heterocycles. The molecule has 0 amide bonds. The number of rotatable bonds is 1. The van der Waals surface area contributed by atoms with Crippen molar-refractivity contribution in [1.82, 2.24) is 9.55 Å². The topological polar surface area (TPSA) is 17.8 Å². The van der Waals surface area contributed by atoms with E-state index in [-0.39, 0.29) is 0 Å². The van der Waals surface area contributed by atoms with E-state index >= 15 is 0 Å². The molecule has 0 spiro atoms. The van der Waals surface area contributed by atoms with Gasteiger partial charge in [0.2, 0.25) is 0 Å². The smallest absolute Gasteiger partial charge is 0.0946 e. The highest BCUT2D eigenvalue weighted by Gasteiger charge is 1.88. The van der Waals surface area contributed by atoms with E-state index in [1.54, 1.807) is 0 Å². The van der Waals surface area contributed by atoms with E-state index < -0.39 is 0 Å². The van der Waals surface area contributed by atoms with E-state index in [2.05, 4.69) is 17.6 Å². The molecule has 0 unspecified atom stereocenters. The van der Waals surface area contributed by atoms with Crippen molar-refractivity contribution in [3.05, 3.63) is 36.1 Å². The molecular formula is C11H18N2. The highest BCUT2D eigenvalue weighted by Crippen LogP contribution is 1.92. The van der Waals surface area contributed by atoms with Crippen LogP contribution in [0.15, 0.2) is 30.4 Å². The highest BCUT2D eigenvalue weighted by molar-refractivity contribution is 4.94. The fourth-order valence-electron chi connectivity index (χ4n) is 0.816. The van der Waals surface area contributed by atoms with E-state index in [0.29, 0.717) is 0 Å². The number of aryl methyl sites for hydroxylation is 2. The molecule has 0 bridgehead atoms. The lowest BCUT2D eigenvalue weighted by molar-refractivity contribution is 0.912. The van der Waals surface area contributed by atoms with E-state index in [1.807, 2.05) is 50.1 Å². The number of allylic oxidation sites excluding steroid dienone is 1. The third kappa shape index (κ3) is 5.94. The molecule has 0 saturated carbocycles. The zero-order valence-corrected chi connectivity index (χ0v) is 8.91. The standard InChI is InChI=1S/C6H10N2.C5H8/c1-3-6-4-8(2)5-7-6;1-3-5-4-2/h4-5H,3H2,1-2H3;3-4H,1-2H3. The third-order valence-corrected chi connectivity index (χ3v) is 1.45. The first-order valence-electron chi connectivity index (χ1n) is 4.53. The Morgan fingerprint density at radius 1 is 1.46 bits per heavy atom. The summed E-state index contributed by atoms with van der Waals surface area (Å²) in [6.45, 7) is 5.99. The van der Waals surface area contributed by atoms with Gasteiger partial charge in [0.25, 0.3) is 0 Å². The van der Waals surface area contributed by atoms with Crippen LogP contribution in [0.1, 0.15) is 26.5 Å². The SMILES string of the molecule is CC=C=CC.CCc1cn(C)cn1. The zero-order valence-electron chi connectivity index (χ0n) is 8.91. The fourth-order valence-corrected chi connectivity index (χ4v) is 0.816. The Hall–Kier alpha value is -1.27. The Balaban J connectivity index is 0.000000252. The minimum atomic E-state index is 1.03.